The Morgan fingerprint density at radius 3 is 2.84 bits per heavy atom. The number of thioether (sulfide) groups is 1. The minimum absolute atomic E-state index is 0.530. The number of hydrogen-bond acceptors (Lipinski definition) is 5. The Morgan fingerprint density at radius 1 is 1.40 bits per heavy atom. The second kappa shape index (κ2) is 10.0. The maximum absolute atomic E-state index is 4.73. The van der Waals surface area contributed by atoms with Crippen LogP contribution in [-0.4, -0.2) is 69.4 Å². The monoisotopic (exact) mass is 367 g/mol. The second-order valence-corrected chi connectivity index (χ2v) is 7.90. The van der Waals surface area contributed by atoms with Crippen LogP contribution < -0.4 is 10.6 Å². The van der Waals surface area contributed by atoms with Gasteiger partial charge in [-0.2, -0.15) is 11.8 Å². The molecule has 2 heterocycles. The molecule has 2 rings (SSSR count). The van der Waals surface area contributed by atoms with Crippen molar-refractivity contribution < 1.29 is 0 Å². The van der Waals surface area contributed by atoms with Gasteiger partial charge < -0.3 is 15.2 Å². The van der Waals surface area contributed by atoms with E-state index in [0.29, 0.717) is 17.8 Å². The molecule has 7 nitrogen and oxygen atoms in total. The van der Waals surface area contributed by atoms with Crippen LogP contribution in [0.25, 0.3) is 0 Å². The quantitative estimate of drug-likeness (QED) is 0.535. The van der Waals surface area contributed by atoms with Gasteiger partial charge in [-0.3, -0.25) is 4.90 Å². The highest BCUT2D eigenvalue weighted by Crippen LogP contribution is 2.15. The molecule has 0 saturated carbocycles. The van der Waals surface area contributed by atoms with E-state index in [1.807, 2.05) is 30.3 Å². The second-order valence-electron chi connectivity index (χ2n) is 6.62. The van der Waals surface area contributed by atoms with Crippen molar-refractivity contribution in [3.05, 3.63) is 11.6 Å². The number of aliphatic imine (C=N–C) groups is 1. The molecule has 1 aromatic heterocycles. The van der Waals surface area contributed by atoms with E-state index in [0.717, 1.165) is 37.2 Å². The lowest BCUT2D eigenvalue weighted by Gasteiger charge is -2.24. The van der Waals surface area contributed by atoms with Gasteiger partial charge in [0.2, 0.25) is 0 Å². The van der Waals surface area contributed by atoms with E-state index >= 15 is 0 Å². The molecule has 1 fully saturated rings. The summed E-state index contributed by atoms with van der Waals surface area (Å²) in [5.74, 6) is 2.66. The van der Waals surface area contributed by atoms with Crippen molar-refractivity contribution in [1.82, 2.24) is 30.3 Å². The van der Waals surface area contributed by atoms with E-state index in [1.165, 1.54) is 19.4 Å². The highest BCUT2D eigenvalue weighted by atomic mass is 32.2. The fourth-order valence-corrected chi connectivity index (χ4v) is 3.24. The van der Waals surface area contributed by atoms with Gasteiger partial charge in [0, 0.05) is 31.4 Å². The summed E-state index contributed by atoms with van der Waals surface area (Å²) in [6, 6.07) is 0.604. The summed E-state index contributed by atoms with van der Waals surface area (Å²) in [6.07, 6.45) is 4.69. The average molecular weight is 368 g/mol. The predicted octanol–water partition coefficient (Wildman–Crippen LogP) is 1.39. The van der Waals surface area contributed by atoms with Crippen molar-refractivity contribution in [2.75, 3.05) is 32.4 Å². The van der Waals surface area contributed by atoms with E-state index in [2.05, 4.69) is 45.8 Å². The zero-order valence-electron chi connectivity index (χ0n) is 16.2. The molecule has 0 radical (unpaired) electrons. The summed E-state index contributed by atoms with van der Waals surface area (Å²) < 4.78 is 1.99. The molecule has 2 atom stereocenters. The van der Waals surface area contributed by atoms with Crippen molar-refractivity contribution in [2.45, 2.75) is 51.4 Å². The van der Waals surface area contributed by atoms with E-state index in [9.17, 15) is 0 Å². The Morgan fingerprint density at radius 2 is 2.20 bits per heavy atom. The molecule has 0 aliphatic carbocycles. The Kier molecular flexibility index (Phi) is 8.02. The first-order valence-corrected chi connectivity index (χ1v) is 10.5. The zero-order valence-corrected chi connectivity index (χ0v) is 17.1. The van der Waals surface area contributed by atoms with Crippen molar-refractivity contribution in [3.63, 3.8) is 0 Å². The first-order valence-electron chi connectivity index (χ1n) is 9.19. The largest absolute Gasteiger partial charge is 0.355 e. The standard InChI is InChI=1S/C17H33N7S/c1-6-24-9-7-8-15(24)11-19-17(18-10-13(2)25-5)20-12-16-22-21-14(3)23(16)4/h13,15H,6-12H2,1-5H3,(H2,18,19,20). The van der Waals surface area contributed by atoms with Crippen LogP contribution in [0, 0.1) is 6.92 Å². The molecule has 0 amide bonds. The first-order chi connectivity index (χ1) is 12.0. The molecule has 25 heavy (non-hydrogen) atoms. The predicted molar refractivity (Wildman–Crippen MR) is 106 cm³/mol. The number of aromatic nitrogens is 3. The topological polar surface area (TPSA) is 70.4 Å². The minimum atomic E-state index is 0.530. The molecule has 1 aliphatic heterocycles. The third kappa shape index (κ3) is 5.88. The van der Waals surface area contributed by atoms with E-state index in [1.54, 1.807) is 0 Å². The Balaban J connectivity index is 1.96. The van der Waals surface area contributed by atoms with Crippen LogP contribution in [0.2, 0.25) is 0 Å². The van der Waals surface area contributed by atoms with Crippen LogP contribution in [0.1, 0.15) is 38.3 Å². The smallest absolute Gasteiger partial charge is 0.191 e. The summed E-state index contributed by atoms with van der Waals surface area (Å²) in [5, 5.41) is 15.8. The van der Waals surface area contributed by atoms with Crippen molar-refractivity contribution in [2.24, 2.45) is 12.0 Å². The van der Waals surface area contributed by atoms with Gasteiger partial charge in [-0.25, -0.2) is 4.99 Å². The molecule has 1 aliphatic rings. The molecule has 0 bridgehead atoms. The fourth-order valence-electron chi connectivity index (χ4n) is 2.99. The summed E-state index contributed by atoms with van der Waals surface area (Å²) in [7, 11) is 1.98. The van der Waals surface area contributed by atoms with Gasteiger partial charge in [-0.05, 0) is 39.1 Å². The summed E-state index contributed by atoms with van der Waals surface area (Å²) >= 11 is 1.85. The van der Waals surface area contributed by atoms with Crippen molar-refractivity contribution >= 4 is 17.7 Å². The lowest BCUT2D eigenvalue weighted by atomic mass is 10.2. The lowest BCUT2D eigenvalue weighted by molar-refractivity contribution is 0.267. The lowest BCUT2D eigenvalue weighted by Crippen LogP contribution is -2.46. The average Bonchev–Trinajstić information content (AvgIpc) is 3.21. The summed E-state index contributed by atoms with van der Waals surface area (Å²) in [4.78, 5) is 7.27. The number of nitrogens with zero attached hydrogens (tertiary/aromatic N) is 5. The number of hydrogen-bond donors (Lipinski definition) is 2. The molecular weight excluding hydrogens is 334 g/mol. The van der Waals surface area contributed by atoms with E-state index in [-0.39, 0.29) is 0 Å². The maximum atomic E-state index is 4.73. The SMILES string of the molecule is CCN1CCCC1CNC(=NCc1nnc(C)n1C)NCC(C)SC. The van der Waals surface area contributed by atoms with Crippen LogP contribution in [0.4, 0.5) is 0 Å². The Bertz CT molecular complexity index is 557. The van der Waals surface area contributed by atoms with Crippen LogP contribution in [0.5, 0.6) is 0 Å². The molecule has 2 N–H and O–H groups in total. The summed E-state index contributed by atoms with van der Waals surface area (Å²) in [6.45, 7) is 11.1. The van der Waals surface area contributed by atoms with Crippen LogP contribution in [0.3, 0.4) is 0 Å². The molecule has 142 valence electrons. The number of rotatable bonds is 8. The van der Waals surface area contributed by atoms with Gasteiger partial charge in [0.1, 0.15) is 12.4 Å². The first kappa shape index (κ1) is 20.0. The number of guanidine groups is 1. The Hall–Kier alpha value is -1.28. The molecular formula is C17H33N7S. The molecule has 0 aromatic carbocycles. The fraction of sp³-hybridized carbons (Fsp3) is 0.824. The number of aryl methyl sites for hydroxylation is 1. The van der Waals surface area contributed by atoms with Crippen LogP contribution >= 0.6 is 11.8 Å². The van der Waals surface area contributed by atoms with Crippen molar-refractivity contribution in [1.29, 1.82) is 0 Å². The molecule has 0 spiro atoms. The van der Waals surface area contributed by atoms with Crippen LogP contribution in [0.15, 0.2) is 4.99 Å². The minimum Gasteiger partial charge on any atom is -0.355 e. The molecule has 2 unspecified atom stereocenters. The normalized spacial score (nSPS) is 20.0. The number of nitrogens with one attached hydrogen (secondary N) is 2. The van der Waals surface area contributed by atoms with E-state index in [4.69, 9.17) is 4.99 Å². The van der Waals surface area contributed by atoms with Gasteiger partial charge >= 0.3 is 0 Å². The zero-order chi connectivity index (χ0) is 18.2. The van der Waals surface area contributed by atoms with Gasteiger partial charge in [-0.15, -0.1) is 10.2 Å². The van der Waals surface area contributed by atoms with Gasteiger partial charge in [0.25, 0.3) is 0 Å². The molecule has 1 aromatic rings. The molecule has 8 heteroatoms. The van der Waals surface area contributed by atoms with Gasteiger partial charge in [0.05, 0.1) is 0 Å². The van der Waals surface area contributed by atoms with Crippen LogP contribution in [-0.2, 0) is 13.6 Å². The Labute approximate surface area is 156 Å². The number of likely N-dealkylation sites (tertiary alicyclic amines) is 1. The third-order valence-electron chi connectivity index (χ3n) is 4.93. The van der Waals surface area contributed by atoms with Crippen molar-refractivity contribution in [3.8, 4) is 0 Å². The molecule has 1 saturated heterocycles. The highest BCUT2D eigenvalue weighted by molar-refractivity contribution is 7.99. The highest BCUT2D eigenvalue weighted by Gasteiger charge is 2.22. The van der Waals surface area contributed by atoms with E-state index < -0.39 is 0 Å². The maximum Gasteiger partial charge on any atom is 0.191 e. The summed E-state index contributed by atoms with van der Waals surface area (Å²) in [5.41, 5.74) is 0. The van der Waals surface area contributed by atoms with Gasteiger partial charge in [-0.1, -0.05) is 13.8 Å². The third-order valence-corrected chi connectivity index (χ3v) is 5.90. The number of likely N-dealkylation sites (N-methyl/N-ethyl adjacent to an activating group) is 1. The van der Waals surface area contributed by atoms with Gasteiger partial charge in [0.15, 0.2) is 11.8 Å².